The molecular weight excluding hydrogens is 322 g/mol. The smallest absolute Gasteiger partial charge is 0.205 e. The predicted octanol–water partition coefficient (Wildman–Crippen LogP) is 3.96. The van der Waals surface area contributed by atoms with Gasteiger partial charge in [0.05, 0.1) is 6.54 Å². The second kappa shape index (κ2) is 7.70. The molecule has 0 spiro atoms. The quantitative estimate of drug-likeness (QED) is 0.533. The van der Waals surface area contributed by atoms with E-state index >= 15 is 0 Å². The molecule has 5 nitrogen and oxygen atoms in total. The second-order valence-electron chi connectivity index (χ2n) is 6.11. The van der Waals surface area contributed by atoms with Crippen molar-refractivity contribution in [3.63, 3.8) is 0 Å². The van der Waals surface area contributed by atoms with E-state index in [4.69, 9.17) is 0 Å². The molecule has 0 aliphatic heterocycles. The molecule has 128 valence electrons. The molecule has 0 bridgehead atoms. The lowest BCUT2D eigenvalue weighted by molar-refractivity contribution is 0.481. The Morgan fingerprint density at radius 3 is 2.00 bits per heavy atom. The number of hydrogen-bond acceptors (Lipinski definition) is 4. The molecule has 0 unspecified atom stereocenters. The number of rotatable bonds is 6. The molecule has 4 rings (SSSR count). The first-order chi connectivity index (χ1) is 12.9. The Hall–Kier alpha value is -3.34. The maximum atomic E-state index is 4.51. The van der Waals surface area contributed by atoms with Crippen molar-refractivity contribution in [3.05, 3.63) is 96.3 Å². The van der Waals surface area contributed by atoms with Gasteiger partial charge < -0.3 is 0 Å². The van der Waals surface area contributed by atoms with E-state index in [0.29, 0.717) is 18.3 Å². The van der Waals surface area contributed by atoms with Gasteiger partial charge in [-0.25, -0.2) is 0 Å². The summed E-state index contributed by atoms with van der Waals surface area (Å²) in [4.78, 5) is 5.70. The summed E-state index contributed by atoms with van der Waals surface area (Å²) in [5, 5.41) is 12.9. The Balaban J connectivity index is 1.53. The molecule has 0 amide bonds. The lowest BCUT2D eigenvalue weighted by Gasteiger charge is -2.17. The molecule has 26 heavy (non-hydrogen) atoms. The normalized spacial score (nSPS) is 11.0. The number of aromatic nitrogens is 5. The largest absolute Gasteiger partial charge is 0.265 e. The first-order valence-corrected chi connectivity index (χ1v) is 8.68. The van der Waals surface area contributed by atoms with Crippen LogP contribution >= 0.6 is 0 Å². The minimum absolute atomic E-state index is 0.299. The van der Waals surface area contributed by atoms with Gasteiger partial charge in [-0.05, 0) is 34.9 Å². The van der Waals surface area contributed by atoms with Crippen LogP contribution in [-0.4, -0.2) is 25.2 Å². The Bertz CT molecular complexity index is 896. The van der Waals surface area contributed by atoms with Gasteiger partial charge in [0.15, 0.2) is 0 Å². The van der Waals surface area contributed by atoms with E-state index in [2.05, 4.69) is 68.9 Å². The van der Waals surface area contributed by atoms with Crippen LogP contribution < -0.4 is 0 Å². The van der Waals surface area contributed by atoms with Crippen molar-refractivity contribution < 1.29 is 0 Å². The van der Waals surface area contributed by atoms with E-state index in [1.807, 2.05) is 24.3 Å². The molecule has 0 N–H and O–H groups in total. The molecule has 0 atom stereocenters. The summed E-state index contributed by atoms with van der Waals surface area (Å²) in [6, 6.07) is 24.9. The molecule has 5 heteroatoms. The van der Waals surface area contributed by atoms with Crippen LogP contribution in [0.5, 0.6) is 0 Å². The predicted molar refractivity (Wildman–Crippen MR) is 100 cm³/mol. The fourth-order valence-corrected chi connectivity index (χ4v) is 3.10. The molecule has 2 aromatic carbocycles. The van der Waals surface area contributed by atoms with E-state index in [0.717, 1.165) is 12.0 Å². The number of benzene rings is 2. The van der Waals surface area contributed by atoms with Gasteiger partial charge in [0.2, 0.25) is 5.82 Å². The van der Waals surface area contributed by atoms with Crippen molar-refractivity contribution in [1.82, 2.24) is 25.2 Å². The SMILES string of the molecule is c1ccc(C(CCn2nnc(-c3ccncc3)n2)c2ccccc2)cc1. The minimum Gasteiger partial charge on any atom is -0.265 e. The van der Waals surface area contributed by atoms with Crippen molar-refractivity contribution in [3.8, 4) is 11.4 Å². The molecule has 0 aliphatic carbocycles. The Morgan fingerprint density at radius 2 is 1.38 bits per heavy atom. The second-order valence-corrected chi connectivity index (χ2v) is 6.11. The highest BCUT2D eigenvalue weighted by molar-refractivity contribution is 5.52. The summed E-state index contributed by atoms with van der Waals surface area (Å²) < 4.78 is 0. The van der Waals surface area contributed by atoms with E-state index in [1.54, 1.807) is 17.2 Å². The van der Waals surface area contributed by atoms with Gasteiger partial charge in [-0.15, -0.1) is 10.2 Å². The van der Waals surface area contributed by atoms with Crippen LogP contribution in [0.3, 0.4) is 0 Å². The molecule has 0 saturated heterocycles. The Labute approximate surface area is 152 Å². The number of tetrazole rings is 1. The van der Waals surface area contributed by atoms with Crippen LogP contribution in [0, 0.1) is 0 Å². The van der Waals surface area contributed by atoms with Crippen LogP contribution in [0.25, 0.3) is 11.4 Å². The lowest BCUT2D eigenvalue weighted by Crippen LogP contribution is -2.09. The zero-order valence-electron chi connectivity index (χ0n) is 14.3. The maximum absolute atomic E-state index is 4.51. The summed E-state index contributed by atoms with van der Waals surface area (Å²) in [5.41, 5.74) is 3.52. The van der Waals surface area contributed by atoms with Gasteiger partial charge in [0.25, 0.3) is 0 Å². The third-order valence-corrected chi connectivity index (χ3v) is 4.41. The molecule has 0 aliphatic rings. The van der Waals surface area contributed by atoms with E-state index in [-0.39, 0.29) is 0 Å². The summed E-state index contributed by atoms with van der Waals surface area (Å²) in [5.74, 6) is 0.927. The third kappa shape index (κ3) is 3.67. The van der Waals surface area contributed by atoms with Gasteiger partial charge >= 0.3 is 0 Å². The van der Waals surface area contributed by atoms with Crippen LogP contribution in [0.1, 0.15) is 23.5 Å². The van der Waals surface area contributed by atoms with Crippen LogP contribution in [0.2, 0.25) is 0 Å². The van der Waals surface area contributed by atoms with Gasteiger partial charge in [0.1, 0.15) is 0 Å². The Morgan fingerprint density at radius 1 is 0.769 bits per heavy atom. The fraction of sp³-hybridized carbons (Fsp3) is 0.143. The molecule has 0 saturated carbocycles. The van der Waals surface area contributed by atoms with Gasteiger partial charge in [0, 0.05) is 23.9 Å². The zero-order chi connectivity index (χ0) is 17.6. The number of aryl methyl sites for hydroxylation is 1. The van der Waals surface area contributed by atoms with Gasteiger partial charge in [-0.2, -0.15) is 4.80 Å². The molecule has 0 radical (unpaired) electrons. The van der Waals surface area contributed by atoms with Crippen LogP contribution in [0.4, 0.5) is 0 Å². The maximum Gasteiger partial charge on any atom is 0.205 e. The third-order valence-electron chi connectivity index (χ3n) is 4.41. The zero-order valence-corrected chi connectivity index (χ0v) is 14.3. The number of hydrogen-bond donors (Lipinski definition) is 0. The standard InChI is InChI=1S/C21H19N5/c1-3-7-17(8-4-1)20(18-9-5-2-6-10-18)13-16-26-24-21(23-25-26)19-11-14-22-15-12-19/h1-12,14-15,20H,13,16H2. The molecular formula is C21H19N5. The summed E-state index contributed by atoms with van der Waals surface area (Å²) in [6.07, 6.45) is 4.37. The molecule has 2 aromatic heterocycles. The van der Waals surface area contributed by atoms with Crippen molar-refractivity contribution in [1.29, 1.82) is 0 Å². The van der Waals surface area contributed by atoms with Gasteiger partial charge in [-0.1, -0.05) is 60.7 Å². The van der Waals surface area contributed by atoms with Crippen LogP contribution in [-0.2, 0) is 6.54 Å². The highest BCUT2D eigenvalue weighted by atomic mass is 15.6. The molecule has 2 heterocycles. The average molecular weight is 341 g/mol. The summed E-state index contributed by atoms with van der Waals surface area (Å²) in [7, 11) is 0. The first-order valence-electron chi connectivity index (χ1n) is 8.68. The van der Waals surface area contributed by atoms with E-state index < -0.39 is 0 Å². The minimum atomic E-state index is 0.299. The molecule has 4 aromatic rings. The molecule has 0 fully saturated rings. The van der Waals surface area contributed by atoms with Crippen molar-refractivity contribution in [2.45, 2.75) is 18.9 Å². The van der Waals surface area contributed by atoms with E-state index in [9.17, 15) is 0 Å². The first kappa shape index (κ1) is 16.1. The van der Waals surface area contributed by atoms with Crippen molar-refractivity contribution in [2.24, 2.45) is 0 Å². The lowest BCUT2D eigenvalue weighted by atomic mass is 9.89. The highest BCUT2D eigenvalue weighted by Gasteiger charge is 2.15. The summed E-state index contributed by atoms with van der Waals surface area (Å²) >= 11 is 0. The number of pyridine rings is 1. The van der Waals surface area contributed by atoms with Crippen molar-refractivity contribution in [2.75, 3.05) is 0 Å². The Kier molecular flexibility index (Phi) is 4.78. The van der Waals surface area contributed by atoms with Gasteiger partial charge in [-0.3, -0.25) is 4.98 Å². The van der Waals surface area contributed by atoms with Crippen LogP contribution in [0.15, 0.2) is 85.2 Å². The fourth-order valence-electron chi connectivity index (χ4n) is 3.10. The number of nitrogens with zero attached hydrogens (tertiary/aromatic N) is 5. The van der Waals surface area contributed by atoms with E-state index in [1.165, 1.54) is 11.1 Å². The summed E-state index contributed by atoms with van der Waals surface area (Å²) in [6.45, 7) is 0.701. The highest BCUT2D eigenvalue weighted by Crippen LogP contribution is 2.28. The topological polar surface area (TPSA) is 56.5 Å². The monoisotopic (exact) mass is 341 g/mol. The average Bonchev–Trinajstić information content (AvgIpc) is 3.20. The van der Waals surface area contributed by atoms with Crippen molar-refractivity contribution >= 4 is 0 Å².